The molecule has 2 aromatic rings. The van der Waals surface area contributed by atoms with Crippen molar-refractivity contribution in [3.05, 3.63) is 65.7 Å². The lowest BCUT2D eigenvalue weighted by Crippen LogP contribution is -2.07. The van der Waals surface area contributed by atoms with Crippen molar-refractivity contribution in [2.24, 2.45) is 5.73 Å². The Kier molecular flexibility index (Phi) is 5.59. The van der Waals surface area contributed by atoms with E-state index in [2.05, 4.69) is 12.1 Å². The Morgan fingerprint density at radius 3 is 2.60 bits per heavy atom. The first-order chi connectivity index (χ1) is 9.79. The standard InChI is InChI=1S/C17H21NO2/c18-11-9-17(19)15-7-4-8-16(13-15)20-12-10-14-5-2-1-3-6-14/h1-8,13,17,19H,9-12,18H2/t17-/m1/s1. The van der Waals surface area contributed by atoms with E-state index in [4.69, 9.17) is 10.5 Å². The molecule has 0 aromatic heterocycles. The molecule has 0 spiro atoms. The molecule has 2 aromatic carbocycles. The third-order valence-corrected chi connectivity index (χ3v) is 3.19. The molecule has 106 valence electrons. The second kappa shape index (κ2) is 7.68. The molecule has 0 saturated heterocycles. The first-order valence-electron chi connectivity index (χ1n) is 6.94. The molecule has 0 aliphatic rings. The lowest BCUT2D eigenvalue weighted by Gasteiger charge is -2.12. The zero-order valence-corrected chi connectivity index (χ0v) is 11.5. The quantitative estimate of drug-likeness (QED) is 0.814. The molecule has 0 aliphatic heterocycles. The normalized spacial score (nSPS) is 12.1. The molecule has 0 fully saturated rings. The first kappa shape index (κ1) is 14.6. The zero-order valence-electron chi connectivity index (χ0n) is 11.5. The SMILES string of the molecule is NCC[C@@H](O)c1cccc(OCCc2ccccc2)c1. The molecule has 0 saturated carbocycles. The van der Waals surface area contributed by atoms with Crippen molar-refractivity contribution >= 4 is 0 Å². The predicted molar refractivity (Wildman–Crippen MR) is 80.7 cm³/mol. The fourth-order valence-corrected chi connectivity index (χ4v) is 2.07. The molecule has 0 radical (unpaired) electrons. The van der Waals surface area contributed by atoms with Crippen molar-refractivity contribution in [3.63, 3.8) is 0 Å². The smallest absolute Gasteiger partial charge is 0.119 e. The van der Waals surface area contributed by atoms with Gasteiger partial charge in [-0.15, -0.1) is 0 Å². The van der Waals surface area contributed by atoms with E-state index in [9.17, 15) is 5.11 Å². The van der Waals surface area contributed by atoms with E-state index in [0.29, 0.717) is 19.6 Å². The molecule has 0 amide bonds. The van der Waals surface area contributed by atoms with Crippen molar-refractivity contribution < 1.29 is 9.84 Å². The largest absolute Gasteiger partial charge is 0.493 e. The maximum absolute atomic E-state index is 9.91. The molecule has 0 aliphatic carbocycles. The van der Waals surface area contributed by atoms with Crippen LogP contribution < -0.4 is 10.5 Å². The van der Waals surface area contributed by atoms with Crippen LogP contribution in [-0.2, 0) is 6.42 Å². The van der Waals surface area contributed by atoms with Crippen molar-refractivity contribution in [1.29, 1.82) is 0 Å². The molecule has 1 atom stereocenters. The minimum atomic E-state index is -0.516. The van der Waals surface area contributed by atoms with E-state index < -0.39 is 6.10 Å². The maximum Gasteiger partial charge on any atom is 0.119 e. The van der Waals surface area contributed by atoms with Crippen LogP contribution in [0.25, 0.3) is 0 Å². The highest BCUT2D eigenvalue weighted by Gasteiger charge is 2.07. The molecule has 0 bridgehead atoms. The number of aliphatic hydroxyl groups is 1. The van der Waals surface area contributed by atoms with Crippen LogP contribution in [0.5, 0.6) is 5.75 Å². The Morgan fingerprint density at radius 1 is 1.05 bits per heavy atom. The summed E-state index contributed by atoms with van der Waals surface area (Å²) in [7, 11) is 0. The van der Waals surface area contributed by atoms with Crippen LogP contribution in [0.4, 0.5) is 0 Å². The van der Waals surface area contributed by atoms with Crippen molar-refractivity contribution in [1.82, 2.24) is 0 Å². The fourth-order valence-electron chi connectivity index (χ4n) is 2.07. The fraction of sp³-hybridized carbons (Fsp3) is 0.294. The van der Waals surface area contributed by atoms with E-state index in [-0.39, 0.29) is 0 Å². The summed E-state index contributed by atoms with van der Waals surface area (Å²) in [6.07, 6.45) is 0.918. The maximum atomic E-state index is 9.91. The van der Waals surface area contributed by atoms with E-state index >= 15 is 0 Å². The molecule has 3 heteroatoms. The highest BCUT2D eigenvalue weighted by atomic mass is 16.5. The van der Waals surface area contributed by atoms with Gasteiger partial charge in [-0.25, -0.2) is 0 Å². The van der Waals surface area contributed by atoms with Gasteiger partial charge in [0.15, 0.2) is 0 Å². The number of hydrogen-bond acceptors (Lipinski definition) is 3. The summed E-state index contributed by atoms with van der Waals surface area (Å²) in [5.41, 5.74) is 7.57. The van der Waals surface area contributed by atoms with Gasteiger partial charge in [0.2, 0.25) is 0 Å². The second-order valence-electron chi connectivity index (χ2n) is 4.75. The Balaban J connectivity index is 1.88. The summed E-state index contributed by atoms with van der Waals surface area (Å²) in [5.74, 6) is 0.787. The lowest BCUT2D eigenvalue weighted by molar-refractivity contribution is 0.169. The van der Waals surface area contributed by atoms with Crippen LogP contribution in [0.3, 0.4) is 0 Å². The van der Waals surface area contributed by atoms with E-state index in [1.807, 2.05) is 42.5 Å². The van der Waals surface area contributed by atoms with Crippen LogP contribution in [0, 0.1) is 0 Å². The molecular formula is C17H21NO2. The van der Waals surface area contributed by atoms with Gasteiger partial charge >= 0.3 is 0 Å². The van der Waals surface area contributed by atoms with Gasteiger partial charge in [-0.2, -0.15) is 0 Å². The topological polar surface area (TPSA) is 55.5 Å². The van der Waals surface area contributed by atoms with Gasteiger partial charge < -0.3 is 15.6 Å². The number of nitrogens with two attached hydrogens (primary N) is 1. The van der Waals surface area contributed by atoms with Gasteiger partial charge in [0, 0.05) is 6.42 Å². The van der Waals surface area contributed by atoms with E-state index in [0.717, 1.165) is 17.7 Å². The summed E-state index contributed by atoms with van der Waals surface area (Å²) >= 11 is 0. The Labute approximate surface area is 120 Å². The monoisotopic (exact) mass is 271 g/mol. The highest BCUT2D eigenvalue weighted by molar-refractivity contribution is 5.30. The molecule has 20 heavy (non-hydrogen) atoms. The number of aliphatic hydroxyl groups excluding tert-OH is 1. The van der Waals surface area contributed by atoms with Crippen LogP contribution >= 0.6 is 0 Å². The Morgan fingerprint density at radius 2 is 1.85 bits per heavy atom. The summed E-state index contributed by atoms with van der Waals surface area (Å²) in [6.45, 7) is 1.10. The molecular weight excluding hydrogens is 250 g/mol. The molecule has 0 heterocycles. The number of benzene rings is 2. The average Bonchev–Trinajstić information content (AvgIpc) is 2.49. The highest BCUT2D eigenvalue weighted by Crippen LogP contribution is 2.21. The third-order valence-electron chi connectivity index (χ3n) is 3.19. The molecule has 3 nitrogen and oxygen atoms in total. The molecule has 3 N–H and O–H groups in total. The number of rotatable bonds is 7. The summed E-state index contributed by atoms with van der Waals surface area (Å²) in [5, 5.41) is 9.91. The number of ether oxygens (including phenoxy) is 1. The van der Waals surface area contributed by atoms with Crippen molar-refractivity contribution in [2.45, 2.75) is 18.9 Å². The van der Waals surface area contributed by atoms with Crippen LogP contribution in [0.15, 0.2) is 54.6 Å². The van der Waals surface area contributed by atoms with Gasteiger partial charge in [-0.3, -0.25) is 0 Å². The van der Waals surface area contributed by atoms with Gasteiger partial charge in [-0.05, 0) is 36.2 Å². The first-order valence-corrected chi connectivity index (χ1v) is 6.94. The minimum absolute atomic E-state index is 0.472. The van der Waals surface area contributed by atoms with Gasteiger partial charge in [0.25, 0.3) is 0 Å². The van der Waals surface area contributed by atoms with Crippen molar-refractivity contribution in [3.8, 4) is 5.75 Å². The summed E-state index contributed by atoms with van der Waals surface area (Å²) in [4.78, 5) is 0. The van der Waals surface area contributed by atoms with E-state index in [1.165, 1.54) is 5.56 Å². The van der Waals surface area contributed by atoms with Crippen LogP contribution in [0.1, 0.15) is 23.7 Å². The predicted octanol–water partition coefficient (Wildman–Crippen LogP) is 2.69. The molecule has 2 rings (SSSR count). The number of hydrogen-bond donors (Lipinski definition) is 2. The van der Waals surface area contributed by atoms with Gasteiger partial charge in [0.1, 0.15) is 5.75 Å². The van der Waals surface area contributed by atoms with Crippen LogP contribution in [-0.4, -0.2) is 18.3 Å². The summed E-state index contributed by atoms with van der Waals surface area (Å²) in [6, 6.07) is 17.8. The van der Waals surface area contributed by atoms with Gasteiger partial charge in [-0.1, -0.05) is 42.5 Å². The zero-order chi connectivity index (χ0) is 14.2. The van der Waals surface area contributed by atoms with Crippen molar-refractivity contribution in [2.75, 3.05) is 13.2 Å². The van der Waals surface area contributed by atoms with Crippen LogP contribution in [0.2, 0.25) is 0 Å². The lowest BCUT2D eigenvalue weighted by atomic mass is 10.1. The van der Waals surface area contributed by atoms with Gasteiger partial charge in [0.05, 0.1) is 12.7 Å². The second-order valence-corrected chi connectivity index (χ2v) is 4.75. The molecule has 0 unspecified atom stereocenters. The Hall–Kier alpha value is -1.84. The van der Waals surface area contributed by atoms with E-state index in [1.54, 1.807) is 0 Å². The Bertz CT molecular complexity index is 513. The third kappa shape index (κ3) is 4.37. The summed E-state index contributed by atoms with van der Waals surface area (Å²) < 4.78 is 5.74. The average molecular weight is 271 g/mol. The minimum Gasteiger partial charge on any atom is -0.493 e.